The zero-order valence-electron chi connectivity index (χ0n) is 11.6. The number of hydrogen-bond acceptors (Lipinski definition) is 5. The molecule has 3 unspecified atom stereocenters. The number of ether oxygens (including phenoxy) is 2. The molecule has 0 aromatic heterocycles. The second-order valence-corrected chi connectivity index (χ2v) is 4.98. The van der Waals surface area contributed by atoms with Crippen LogP contribution in [-0.2, 0) is 4.74 Å². The quantitative estimate of drug-likeness (QED) is 0.813. The Kier molecular flexibility index (Phi) is 5.36. The first kappa shape index (κ1) is 14.8. The summed E-state index contributed by atoms with van der Waals surface area (Å²) in [5.41, 5.74) is 0.548. The van der Waals surface area contributed by atoms with Gasteiger partial charge in [0.05, 0.1) is 17.7 Å². The van der Waals surface area contributed by atoms with Gasteiger partial charge >= 0.3 is 0 Å². The molecule has 5 heteroatoms. The zero-order valence-corrected chi connectivity index (χ0v) is 11.6. The summed E-state index contributed by atoms with van der Waals surface area (Å²) in [7, 11) is 0. The highest BCUT2D eigenvalue weighted by Crippen LogP contribution is 2.14. The van der Waals surface area contributed by atoms with Crippen LogP contribution in [0.25, 0.3) is 0 Å². The Hall–Kier alpha value is -1.61. The van der Waals surface area contributed by atoms with E-state index < -0.39 is 6.10 Å². The molecular formula is C15H20N2O3. The minimum atomic E-state index is -0.589. The average Bonchev–Trinajstić information content (AvgIpc) is 2.88. The third kappa shape index (κ3) is 4.20. The number of rotatable bonds is 6. The maximum absolute atomic E-state index is 9.89. The van der Waals surface area contributed by atoms with Crippen molar-refractivity contribution in [3.63, 3.8) is 0 Å². The van der Waals surface area contributed by atoms with E-state index in [1.54, 1.807) is 24.3 Å². The summed E-state index contributed by atoms with van der Waals surface area (Å²) in [5, 5.41) is 22.0. The Labute approximate surface area is 119 Å². The molecular weight excluding hydrogens is 256 g/mol. The molecule has 1 heterocycles. The van der Waals surface area contributed by atoms with Gasteiger partial charge in [-0.15, -0.1) is 0 Å². The van der Waals surface area contributed by atoms with Crippen LogP contribution in [-0.4, -0.2) is 43.1 Å². The van der Waals surface area contributed by atoms with Crippen molar-refractivity contribution in [1.29, 1.82) is 5.26 Å². The first-order valence-corrected chi connectivity index (χ1v) is 6.85. The van der Waals surface area contributed by atoms with E-state index >= 15 is 0 Å². The molecule has 1 fully saturated rings. The Morgan fingerprint density at radius 2 is 2.45 bits per heavy atom. The SMILES string of the molecule is CC1OCCC1NCC(O)COc1cccc(C#N)c1. The van der Waals surface area contributed by atoms with Crippen molar-refractivity contribution < 1.29 is 14.6 Å². The van der Waals surface area contributed by atoms with Crippen LogP contribution in [0, 0.1) is 11.3 Å². The average molecular weight is 276 g/mol. The van der Waals surface area contributed by atoms with Crippen LogP contribution in [0.15, 0.2) is 24.3 Å². The zero-order chi connectivity index (χ0) is 14.4. The Bertz CT molecular complexity index is 472. The fraction of sp³-hybridized carbons (Fsp3) is 0.533. The van der Waals surface area contributed by atoms with Crippen molar-refractivity contribution in [2.24, 2.45) is 0 Å². The number of nitrogens with zero attached hydrogens (tertiary/aromatic N) is 1. The number of aliphatic hydroxyl groups excluding tert-OH is 1. The summed E-state index contributed by atoms with van der Waals surface area (Å²) in [4.78, 5) is 0. The smallest absolute Gasteiger partial charge is 0.120 e. The van der Waals surface area contributed by atoms with Gasteiger partial charge in [0.1, 0.15) is 18.5 Å². The summed E-state index contributed by atoms with van der Waals surface area (Å²) in [6.07, 6.45) is 0.572. The van der Waals surface area contributed by atoms with E-state index in [2.05, 4.69) is 11.4 Å². The molecule has 1 aromatic carbocycles. The van der Waals surface area contributed by atoms with Gasteiger partial charge in [-0.3, -0.25) is 0 Å². The molecule has 1 aliphatic heterocycles. The lowest BCUT2D eigenvalue weighted by molar-refractivity contribution is 0.0897. The third-order valence-electron chi connectivity index (χ3n) is 3.40. The first-order valence-electron chi connectivity index (χ1n) is 6.85. The maximum Gasteiger partial charge on any atom is 0.120 e. The maximum atomic E-state index is 9.89. The molecule has 1 saturated heterocycles. The monoisotopic (exact) mass is 276 g/mol. The Morgan fingerprint density at radius 1 is 1.60 bits per heavy atom. The van der Waals surface area contributed by atoms with E-state index in [-0.39, 0.29) is 12.7 Å². The number of nitrogens with one attached hydrogen (secondary N) is 1. The largest absolute Gasteiger partial charge is 0.491 e. The number of aliphatic hydroxyl groups is 1. The highest BCUT2D eigenvalue weighted by Gasteiger charge is 2.24. The number of hydrogen-bond donors (Lipinski definition) is 2. The molecule has 1 aliphatic rings. The van der Waals surface area contributed by atoms with Crippen molar-refractivity contribution in [2.75, 3.05) is 19.8 Å². The summed E-state index contributed by atoms with van der Waals surface area (Å²) in [6, 6.07) is 9.26. The topological polar surface area (TPSA) is 74.5 Å². The van der Waals surface area contributed by atoms with E-state index in [1.807, 2.05) is 6.92 Å². The van der Waals surface area contributed by atoms with Crippen LogP contribution in [0.2, 0.25) is 0 Å². The fourth-order valence-corrected chi connectivity index (χ4v) is 2.19. The van der Waals surface area contributed by atoms with Gasteiger partial charge in [-0.2, -0.15) is 5.26 Å². The molecule has 1 aromatic rings. The molecule has 20 heavy (non-hydrogen) atoms. The molecule has 108 valence electrons. The van der Waals surface area contributed by atoms with Crippen LogP contribution in [0.5, 0.6) is 5.75 Å². The van der Waals surface area contributed by atoms with Crippen LogP contribution in [0.4, 0.5) is 0 Å². The van der Waals surface area contributed by atoms with Gasteiger partial charge in [-0.1, -0.05) is 6.07 Å². The standard InChI is InChI=1S/C15H20N2O3/c1-11-15(5-6-19-11)17-9-13(18)10-20-14-4-2-3-12(7-14)8-16/h2-4,7,11,13,15,17-18H,5-6,9-10H2,1H3. The Morgan fingerprint density at radius 3 is 3.15 bits per heavy atom. The summed E-state index contributed by atoms with van der Waals surface area (Å²) in [6.45, 7) is 3.47. The number of benzene rings is 1. The summed E-state index contributed by atoms with van der Waals surface area (Å²) in [5.74, 6) is 0.598. The van der Waals surface area contributed by atoms with Crippen LogP contribution in [0.3, 0.4) is 0 Å². The second-order valence-electron chi connectivity index (χ2n) is 4.98. The predicted molar refractivity (Wildman–Crippen MR) is 74.5 cm³/mol. The van der Waals surface area contributed by atoms with Crippen LogP contribution >= 0.6 is 0 Å². The molecule has 0 radical (unpaired) electrons. The van der Waals surface area contributed by atoms with Gasteiger partial charge in [0, 0.05) is 19.2 Å². The lowest BCUT2D eigenvalue weighted by atomic mass is 10.1. The van der Waals surface area contributed by atoms with Gasteiger partial charge < -0.3 is 19.9 Å². The van der Waals surface area contributed by atoms with Gasteiger partial charge in [0.2, 0.25) is 0 Å². The van der Waals surface area contributed by atoms with Crippen molar-refractivity contribution in [3.05, 3.63) is 29.8 Å². The molecule has 5 nitrogen and oxygen atoms in total. The lowest BCUT2D eigenvalue weighted by Gasteiger charge is -2.19. The minimum absolute atomic E-state index is 0.190. The minimum Gasteiger partial charge on any atom is -0.491 e. The van der Waals surface area contributed by atoms with Crippen molar-refractivity contribution in [3.8, 4) is 11.8 Å². The van der Waals surface area contributed by atoms with Gasteiger partial charge in [-0.25, -0.2) is 0 Å². The first-order chi connectivity index (χ1) is 9.69. The van der Waals surface area contributed by atoms with Crippen LogP contribution in [0.1, 0.15) is 18.9 Å². The third-order valence-corrected chi connectivity index (χ3v) is 3.40. The highest BCUT2D eigenvalue weighted by atomic mass is 16.5. The molecule has 0 bridgehead atoms. The van der Waals surface area contributed by atoms with Crippen molar-refractivity contribution in [2.45, 2.75) is 31.6 Å². The second kappa shape index (κ2) is 7.25. The number of nitriles is 1. The van der Waals surface area contributed by atoms with Gasteiger partial charge in [0.15, 0.2) is 0 Å². The van der Waals surface area contributed by atoms with Crippen molar-refractivity contribution in [1.82, 2.24) is 5.32 Å². The van der Waals surface area contributed by atoms with E-state index in [9.17, 15) is 5.11 Å². The van der Waals surface area contributed by atoms with Crippen molar-refractivity contribution >= 4 is 0 Å². The van der Waals surface area contributed by atoms with E-state index in [4.69, 9.17) is 14.7 Å². The van der Waals surface area contributed by atoms with E-state index in [0.717, 1.165) is 13.0 Å². The molecule has 3 atom stereocenters. The molecule has 0 amide bonds. The molecule has 0 saturated carbocycles. The van der Waals surface area contributed by atoms with Crippen LogP contribution < -0.4 is 10.1 Å². The lowest BCUT2D eigenvalue weighted by Crippen LogP contribution is -2.41. The van der Waals surface area contributed by atoms with E-state index in [0.29, 0.717) is 23.9 Å². The highest BCUT2D eigenvalue weighted by molar-refractivity contribution is 5.36. The molecule has 2 N–H and O–H groups in total. The fourth-order valence-electron chi connectivity index (χ4n) is 2.19. The molecule has 2 rings (SSSR count). The molecule has 0 spiro atoms. The van der Waals surface area contributed by atoms with Gasteiger partial charge in [-0.05, 0) is 31.5 Å². The molecule has 0 aliphatic carbocycles. The summed E-state index contributed by atoms with van der Waals surface area (Å²) < 4.78 is 10.9. The Balaban J connectivity index is 1.71. The van der Waals surface area contributed by atoms with Gasteiger partial charge in [0.25, 0.3) is 0 Å². The normalized spacial score (nSPS) is 23.2. The van der Waals surface area contributed by atoms with E-state index in [1.165, 1.54) is 0 Å². The predicted octanol–water partition coefficient (Wildman–Crippen LogP) is 1.06. The summed E-state index contributed by atoms with van der Waals surface area (Å²) >= 11 is 0.